The highest BCUT2D eigenvalue weighted by Crippen LogP contribution is 2.13. The van der Waals surface area contributed by atoms with E-state index >= 15 is 0 Å². The van der Waals surface area contributed by atoms with Gasteiger partial charge in [-0.05, 0) is 38.3 Å². The summed E-state index contributed by atoms with van der Waals surface area (Å²) in [4.78, 5) is 6.94. The smallest absolute Gasteiger partial charge is 0.132 e. The van der Waals surface area contributed by atoms with E-state index in [1.807, 2.05) is 6.20 Å². The predicted molar refractivity (Wildman–Crippen MR) is 58.9 cm³/mol. The highest BCUT2D eigenvalue weighted by Gasteiger charge is 2.16. The van der Waals surface area contributed by atoms with Crippen LogP contribution < -0.4 is 5.32 Å². The molecule has 0 atom stereocenters. The van der Waals surface area contributed by atoms with E-state index in [0.29, 0.717) is 0 Å². The van der Waals surface area contributed by atoms with Crippen LogP contribution in [0, 0.1) is 0 Å². The summed E-state index contributed by atoms with van der Waals surface area (Å²) in [6, 6.07) is 0. The molecule has 0 amide bonds. The summed E-state index contributed by atoms with van der Waals surface area (Å²) >= 11 is 0. The molecule has 2 heterocycles. The second-order valence-corrected chi connectivity index (χ2v) is 3.99. The number of nitrogens with zero attached hydrogens (tertiary/aromatic N) is 2. The van der Waals surface area contributed by atoms with Crippen molar-refractivity contribution in [2.45, 2.75) is 26.7 Å². The molecule has 1 N–H and O–H groups in total. The van der Waals surface area contributed by atoms with Gasteiger partial charge >= 0.3 is 0 Å². The molecule has 3 nitrogen and oxygen atoms in total. The molecule has 0 radical (unpaired) electrons. The Hall–Kier alpha value is -1.25. The molecule has 0 saturated carbocycles. The number of likely N-dealkylation sites (tertiary alicyclic amines) is 1. The molecule has 0 aromatic heterocycles. The van der Waals surface area contributed by atoms with E-state index in [-0.39, 0.29) is 0 Å². The number of nitrogens with one attached hydrogen (secondary N) is 1. The van der Waals surface area contributed by atoms with Crippen LogP contribution in [0.2, 0.25) is 0 Å². The largest absolute Gasteiger partial charge is 0.357 e. The first-order chi connectivity index (χ1) is 6.77. The van der Waals surface area contributed by atoms with Crippen molar-refractivity contribution < 1.29 is 0 Å². The third kappa shape index (κ3) is 1.81. The number of aliphatic imine (C=N–C) groups is 1. The molecule has 0 bridgehead atoms. The van der Waals surface area contributed by atoms with Crippen molar-refractivity contribution in [1.29, 1.82) is 0 Å². The lowest BCUT2D eigenvalue weighted by atomic mass is 10.3. The van der Waals surface area contributed by atoms with Crippen LogP contribution in [-0.4, -0.2) is 23.8 Å². The second kappa shape index (κ2) is 3.86. The Balaban J connectivity index is 2.18. The van der Waals surface area contributed by atoms with Gasteiger partial charge in [-0.2, -0.15) is 0 Å². The first-order valence-corrected chi connectivity index (χ1v) is 5.21. The molecule has 1 fully saturated rings. The molecule has 0 aromatic carbocycles. The van der Waals surface area contributed by atoms with E-state index < -0.39 is 0 Å². The molecule has 2 aliphatic rings. The highest BCUT2D eigenvalue weighted by atomic mass is 15.2. The van der Waals surface area contributed by atoms with Crippen LogP contribution >= 0.6 is 0 Å². The molecule has 0 spiro atoms. The summed E-state index contributed by atoms with van der Waals surface area (Å²) in [7, 11) is 0. The molecule has 76 valence electrons. The first kappa shape index (κ1) is 9.31. The first-order valence-electron chi connectivity index (χ1n) is 5.21. The fourth-order valence-electron chi connectivity index (χ4n) is 1.76. The minimum atomic E-state index is 0.995. The Morgan fingerprint density at radius 1 is 1.36 bits per heavy atom. The molecule has 0 aromatic rings. The Morgan fingerprint density at radius 3 is 2.71 bits per heavy atom. The van der Waals surface area contributed by atoms with Crippen molar-refractivity contribution in [2.75, 3.05) is 13.1 Å². The van der Waals surface area contributed by atoms with Crippen LogP contribution in [-0.2, 0) is 0 Å². The predicted octanol–water partition coefficient (Wildman–Crippen LogP) is 1.85. The third-order valence-electron chi connectivity index (χ3n) is 2.58. The van der Waals surface area contributed by atoms with E-state index in [1.165, 1.54) is 18.4 Å². The van der Waals surface area contributed by atoms with Crippen LogP contribution in [0.4, 0.5) is 0 Å². The van der Waals surface area contributed by atoms with Crippen LogP contribution in [0.5, 0.6) is 0 Å². The van der Waals surface area contributed by atoms with Crippen molar-refractivity contribution in [1.82, 2.24) is 10.2 Å². The van der Waals surface area contributed by atoms with Gasteiger partial charge < -0.3 is 10.2 Å². The van der Waals surface area contributed by atoms with Crippen molar-refractivity contribution >= 4 is 5.84 Å². The van der Waals surface area contributed by atoms with Gasteiger partial charge in [0.25, 0.3) is 0 Å². The minimum absolute atomic E-state index is 0.995. The van der Waals surface area contributed by atoms with E-state index in [0.717, 1.165) is 24.7 Å². The summed E-state index contributed by atoms with van der Waals surface area (Å²) in [6.07, 6.45) is 6.62. The summed E-state index contributed by atoms with van der Waals surface area (Å²) in [6.45, 7) is 6.46. The lowest BCUT2D eigenvalue weighted by Crippen LogP contribution is -2.29. The average molecular weight is 191 g/mol. The van der Waals surface area contributed by atoms with Gasteiger partial charge in [-0.3, -0.25) is 0 Å². The molecular formula is C11H17N3. The van der Waals surface area contributed by atoms with Gasteiger partial charge in [0.2, 0.25) is 0 Å². The van der Waals surface area contributed by atoms with Crippen LogP contribution in [0.15, 0.2) is 28.7 Å². The number of allylic oxidation sites excluding steroid dienone is 1. The molecule has 0 unspecified atom stereocenters. The number of amidine groups is 1. The molecule has 3 heteroatoms. The second-order valence-electron chi connectivity index (χ2n) is 3.99. The van der Waals surface area contributed by atoms with Crippen LogP contribution in [0.25, 0.3) is 0 Å². The van der Waals surface area contributed by atoms with Gasteiger partial charge in [0, 0.05) is 19.3 Å². The topological polar surface area (TPSA) is 27.6 Å². The molecule has 1 saturated heterocycles. The van der Waals surface area contributed by atoms with Gasteiger partial charge in [0.05, 0.1) is 0 Å². The normalized spacial score (nSPS) is 20.9. The zero-order valence-electron chi connectivity index (χ0n) is 8.88. The molecule has 0 aliphatic carbocycles. The molecule has 2 aliphatic heterocycles. The highest BCUT2D eigenvalue weighted by molar-refractivity contribution is 5.94. The van der Waals surface area contributed by atoms with Crippen molar-refractivity contribution in [3.8, 4) is 0 Å². The van der Waals surface area contributed by atoms with Crippen LogP contribution in [0.3, 0.4) is 0 Å². The number of rotatable bonds is 0. The van der Waals surface area contributed by atoms with E-state index in [1.54, 1.807) is 0 Å². The van der Waals surface area contributed by atoms with E-state index in [2.05, 4.69) is 35.1 Å². The summed E-state index contributed by atoms with van der Waals surface area (Å²) in [5.74, 6) is 2.10. The van der Waals surface area contributed by atoms with Gasteiger partial charge in [-0.1, -0.05) is 0 Å². The van der Waals surface area contributed by atoms with Gasteiger partial charge in [0.1, 0.15) is 11.7 Å². The SMILES string of the molecule is CC(C)=C1N=C(N2CCCC2)C=CN1. The number of hydrogen-bond acceptors (Lipinski definition) is 3. The standard InChI is InChI=1S/C11H17N3/c1-9(2)11-12-6-5-10(13-11)14-7-3-4-8-14/h5-6,12H,3-4,7-8H2,1-2H3. The van der Waals surface area contributed by atoms with Crippen molar-refractivity contribution in [3.05, 3.63) is 23.7 Å². The quantitative estimate of drug-likeness (QED) is 0.632. The Morgan fingerprint density at radius 2 is 2.07 bits per heavy atom. The minimum Gasteiger partial charge on any atom is -0.357 e. The van der Waals surface area contributed by atoms with Crippen molar-refractivity contribution in [2.24, 2.45) is 4.99 Å². The Bertz CT molecular complexity index is 302. The lowest BCUT2D eigenvalue weighted by Gasteiger charge is -2.21. The third-order valence-corrected chi connectivity index (χ3v) is 2.58. The average Bonchev–Trinajstić information content (AvgIpc) is 2.71. The van der Waals surface area contributed by atoms with Gasteiger partial charge in [0.15, 0.2) is 0 Å². The Kier molecular flexibility index (Phi) is 2.57. The lowest BCUT2D eigenvalue weighted by molar-refractivity contribution is 0.519. The monoisotopic (exact) mass is 191 g/mol. The van der Waals surface area contributed by atoms with E-state index in [4.69, 9.17) is 0 Å². The molecule has 2 rings (SSSR count). The fraction of sp³-hybridized carbons (Fsp3) is 0.545. The number of hydrogen-bond donors (Lipinski definition) is 1. The summed E-state index contributed by atoms with van der Waals surface area (Å²) in [5.41, 5.74) is 1.23. The molecule has 14 heavy (non-hydrogen) atoms. The van der Waals surface area contributed by atoms with Gasteiger partial charge in [-0.15, -0.1) is 0 Å². The molecular weight excluding hydrogens is 174 g/mol. The van der Waals surface area contributed by atoms with Crippen molar-refractivity contribution in [3.63, 3.8) is 0 Å². The zero-order valence-corrected chi connectivity index (χ0v) is 8.88. The maximum Gasteiger partial charge on any atom is 0.132 e. The van der Waals surface area contributed by atoms with E-state index in [9.17, 15) is 0 Å². The maximum atomic E-state index is 4.59. The van der Waals surface area contributed by atoms with Crippen LogP contribution in [0.1, 0.15) is 26.7 Å². The zero-order chi connectivity index (χ0) is 9.97. The summed E-state index contributed by atoms with van der Waals surface area (Å²) < 4.78 is 0. The maximum absolute atomic E-state index is 4.59. The van der Waals surface area contributed by atoms with Gasteiger partial charge in [-0.25, -0.2) is 4.99 Å². The Labute approximate surface area is 85.2 Å². The summed E-state index contributed by atoms with van der Waals surface area (Å²) in [5, 5.41) is 3.16. The fourth-order valence-corrected chi connectivity index (χ4v) is 1.76.